The van der Waals surface area contributed by atoms with E-state index in [0.717, 1.165) is 44.9 Å². The predicted octanol–water partition coefficient (Wildman–Crippen LogP) is 5.38. The molecule has 128 valence electrons. The zero-order valence-corrected chi connectivity index (χ0v) is 14.6. The van der Waals surface area contributed by atoms with Crippen LogP contribution in [0.15, 0.2) is 12.2 Å². The maximum absolute atomic E-state index is 11.6. The number of hydrogen-bond acceptors (Lipinski definition) is 3. The second-order valence-corrected chi connectivity index (χ2v) is 5.92. The molecule has 0 aromatic carbocycles. The molecule has 0 fully saturated rings. The maximum atomic E-state index is 11.6. The first kappa shape index (κ1) is 20.9. The molecule has 0 atom stereocenters. The number of carbonyl (C=O) groups excluding carboxylic acids is 2. The number of ether oxygens (including phenoxy) is 1. The van der Waals surface area contributed by atoms with Crippen LogP contribution >= 0.6 is 0 Å². The molecule has 0 rings (SSSR count). The summed E-state index contributed by atoms with van der Waals surface area (Å²) in [5.41, 5.74) is 0. The lowest BCUT2D eigenvalue weighted by Gasteiger charge is -2.00. The highest BCUT2D eigenvalue weighted by Crippen LogP contribution is 2.09. The van der Waals surface area contributed by atoms with E-state index in [9.17, 15) is 9.59 Å². The first-order valence-corrected chi connectivity index (χ1v) is 8.97. The quantitative estimate of drug-likeness (QED) is 0.232. The zero-order valence-electron chi connectivity index (χ0n) is 14.6. The summed E-state index contributed by atoms with van der Waals surface area (Å²) in [6.45, 7) is 2.20. The van der Waals surface area contributed by atoms with Gasteiger partial charge >= 0.3 is 5.97 Å². The zero-order chi connectivity index (χ0) is 16.5. The Morgan fingerprint density at radius 3 is 2.09 bits per heavy atom. The van der Waals surface area contributed by atoms with Crippen LogP contribution in [0.3, 0.4) is 0 Å². The van der Waals surface area contributed by atoms with Crippen LogP contribution < -0.4 is 0 Å². The number of allylic oxidation sites excluding steroid dienone is 2. The molecule has 0 radical (unpaired) electrons. The molecule has 0 aliphatic carbocycles. The summed E-state index contributed by atoms with van der Waals surface area (Å²) in [6.07, 6.45) is 17.4. The number of carbonyl (C=O) groups is 2. The lowest BCUT2D eigenvalue weighted by atomic mass is 10.1. The van der Waals surface area contributed by atoms with Gasteiger partial charge in [-0.05, 0) is 31.8 Å². The van der Waals surface area contributed by atoms with Gasteiger partial charge in [-0.25, -0.2) is 0 Å². The Hall–Kier alpha value is -1.12. The van der Waals surface area contributed by atoms with Crippen LogP contribution in [0.2, 0.25) is 0 Å². The van der Waals surface area contributed by atoms with Crippen LogP contribution in [0.1, 0.15) is 90.4 Å². The molecule has 0 spiro atoms. The summed E-state index contributed by atoms with van der Waals surface area (Å²) in [6, 6.07) is 0. The first-order valence-electron chi connectivity index (χ1n) is 8.97. The topological polar surface area (TPSA) is 43.4 Å². The van der Waals surface area contributed by atoms with Gasteiger partial charge in [0.1, 0.15) is 0 Å². The molecule has 0 aromatic heterocycles. The minimum Gasteiger partial charge on any atom is -0.469 e. The summed E-state index contributed by atoms with van der Waals surface area (Å²) < 4.78 is 4.60. The fourth-order valence-electron chi connectivity index (χ4n) is 2.36. The molecule has 0 amide bonds. The van der Waals surface area contributed by atoms with Crippen molar-refractivity contribution in [2.24, 2.45) is 0 Å². The van der Waals surface area contributed by atoms with Crippen molar-refractivity contribution in [1.29, 1.82) is 0 Å². The Bertz CT molecular complexity index is 308. The number of unbranched alkanes of at least 4 members (excludes halogenated alkanes) is 9. The van der Waals surface area contributed by atoms with E-state index < -0.39 is 0 Å². The molecule has 0 aliphatic heterocycles. The van der Waals surface area contributed by atoms with E-state index >= 15 is 0 Å². The average molecular weight is 310 g/mol. The van der Waals surface area contributed by atoms with E-state index in [1.54, 1.807) is 6.08 Å². The summed E-state index contributed by atoms with van der Waals surface area (Å²) in [7, 11) is 1.43. The van der Waals surface area contributed by atoms with Crippen LogP contribution in [0.5, 0.6) is 0 Å². The fraction of sp³-hybridized carbons (Fsp3) is 0.789. The minimum absolute atomic E-state index is 0.115. The van der Waals surface area contributed by atoms with Crippen LogP contribution in [0, 0.1) is 0 Å². The third-order valence-electron chi connectivity index (χ3n) is 3.81. The second kappa shape index (κ2) is 16.3. The Labute approximate surface area is 136 Å². The Balaban J connectivity index is 3.32. The smallest absolute Gasteiger partial charge is 0.305 e. The molecule has 0 aliphatic rings. The molecule has 0 heterocycles. The van der Waals surface area contributed by atoms with Gasteiger partial charge in [0.2, 0.25) is 0 Å². The molecule has 0 saturated heterocycles. The largest absolute Gasteiger partial charge is 0.469 e. The summed E-state index contributed by atoms with van der Waals surface area (Å²) in [5, 5.41) is 0. The summed E-state index contributed by atoms with van der Waals surface area (Å²) in [5.74, 6) is 0.158. The predicted molar refractivity (Wildman–Crippen MR) is 91.9 cm³/mol. The van der Waals surface area contributed by atoms with E-state index in [0.29, 0.717) is 12.8 Å². The normalized spacial score (nSPS) is 11.0. The average Bonchev–Trinajstić information content (AvgIpc) is 2.52. The molecule has 0 aromatic rings. The monoisotopic (exact) mass is 310 g/mol. The molecule has 0 saturated carbocycles. The van der Waals surface area contributed by atoms with E-state index in [2.05, 4.69) is 11.7 Å². The van der Waals surface area contributed by atoms with Gasteiger partial charge in [0.25, 0.3) is 0 Å². The van der Waals surface area contributed by atoms with Gasteiger partial charge in [0.05, 0.1) is 7.11 Å². The number of esters is 1. The fourth-order valence-corrected chi connectivity index (χ4v) is 2.36. The van der Waals surface area contributed by atoms with E-state index in [4.69, 9.17) is 0 Å². The van der Waals surface area contributed by atoms with Crippen molar-refractivity contribution in [3.05, 3.63) is 12.2 Å². The molecular weight excluding hydrogens is 276 g/mol. The van der Waals surface area contributed by atoms with E-state index in [1.165, 1.54) is 32.8 Å². The SMILES string of the molecule is CCCCCCCC(=O)C=CCCCCCCCC(=O)OC. The lowest BCUT2D eigenvalue weighted by Crippen LogP contribution is -1.99. The molecule has 22 heavy (non-hydrogen) atoms. The van der Waals surface area contributed by atoms with Gasteiger partial charge in [0.15, 0.2) is 5.78 Å². The Morgan fingerprint density at radius 2 is 1.41 bits per heavy atom. The lowest BCUT2D eigenvalue weighted by molar-refractivity contribution is -0.140. The van der Waals surface area contributed by atoms with Gasteiger partial charge in [-0.2, -0.15) is 0 Å². The van der Waals surface area contributed by atoms with Crippen molar-refractivity contribution in [2.75, 3.05) is 7.11 Å². The second-order valence-electron chi connectivity index (χ2n) is 5.92. The van der Waals surface area contributed by atoms with E-state index in [-0.39, 0.29) is 11.8 Å². The van der Waals surface area contributed by atoms with Crippen LogP contribution in [-0.2, 0) is 14.3 Å². The molecular formula is C19H34O3. The molecule has 0 bridgehead atoms. The highest BCUT2D eigenvalue weighted by atomic mass is 16.5. The van der Waals surface area contributed by atoms with Crippen molar-refractivity contribution in [3.63, 3.8) is 0 Å². The molecule has 3 heteroatoms. The van der Waals surface area contributed by atoms with Crippen molar-refractivity contribution in [2.45, 2.75) is 90.4 Å². The molecule has 0 N–H and O–H groups in total. The number of rotatable bonds is 15. The highest BCUT2D eigenvalue weighted by Gasteiger charge is 1.99. The highest BCUT2D eigenvalue weighted by molar-refractivity contribution is 5.89. The Morgan fingerprint density at radius 1 is 0.818 bits per heavy atom. The van der Waals surface area contributed by atoms with Gasteiger partial charge in [0, 0.05) is 12.8 Å². The van der Waals surface area contributed by atoms with Crippen molar-refractivity contribution < 1.29 is 14.3 Å². The third kappa shape index (κ3) is 15.3. The van der Waals surface area contributed by atoms with Crippen LogP contribution in [0.4, 0.5) is 0 Å². The van der Waals surface area contributed by atoms with Crippen LogP contribution in [0.25, 0.3) is 0 Å². The van der Waals surface area contributed by atoms with Crippen molar-refractivity contribution in [1.82, 2.24) is 0 Å². The minimum atomic E-state index is -0.115. The first-order chi connectivity index (χ1) is 10.7. The number of ketones is 1. The van der Waals surface area contributed by atoms with Gasteiger partial charge in [-0.15, -0.1) is 0 Å². The summed E-state index contributed by atoms with van der Waals surface area (Å²) in [4.78, 5) is 22.5. The number of methoxy groups -OCH3 is 1. The summed E-state index contributed by atoms with van der Waals surface area (Å²) >= 11 is 0. The standard InChI is InChI=1S/C19H34O3/c1-3-4-5-9-12-15-18(20)16-13-10-7-6-8-11-14-17-19(21)22-2/h13,16H,3-12,14-15,17H2,1-2H3. The molecule has 0 unspecified atom stereocenters. The van der Waals surface area contributed by atoms with Crippen molar-refractivity contribution >= 4 is 11.8 Å². The van der Waals surface area contributed by atoms with Gasteiger partial charge < -0.3 is 4.74 Å². The Kier molecular flexibility index (Phi) is 15.4. The van der Waals surface area contributed by atoms with E-state index in [1.807, 2.05) is 6.08 Å². The van der Waals surface area contributed by atoms with Crippen molar-refractivity contribution in [3.8, 4) is 0 Å². The molecule has 3 nitrogen and oxygen atoms in total. The number of hydrogen-bond donors (Lipinski definition) is 0. The van der Waals surface area contributed by atoms with Crippen LogP contribution in [-0.4, -0.2) is 18.9 Å². The van der Waals surface area contributed by atoms with Gasteiger partial charge in [-0.1, -0.05) is 57.9 Å². The van der Waals surface area contributed by atoms with Gasteiger partial charge in [-0.3, -0.25) is 9.59 Å². The third-order valence-corrected chi connectivity index (χ3v) is 3.81. The maximum Gasteiger partial charge on any atom is 0.305 e.